The Bertz CT molecular complexity index is 1240. The van der Waals surface area contributed by atoms with E-state index in [1.807, 2.05) is 12.1 Å². The summed E-state index contributed by atoms with van der Waals surface area (Å²) in [6.45, 7) is -0.181. The van der Waals surface area contributed by atoms with Crippen LogP contribution in [0.15, 0.2) is 64.7 Å². The number of thiazole rings is 1. The molecule has 2 N–H and O–H groups in total. The van der Waals surface area contributed by atoms with Crippen molar-refractivity contribution in [2.75, 3.05) is 5.32 Å². The molecule has 0 saturated carbocycles. The van der Waals surface area contributed by atoms with E-state index in [1.165, 1.54) is 16.3 Å². The smallest absolute Gasteiger partial charge is 0.308 e. The minimum atomic E-state index is -0.664. The van der Waals surface area contributed by atoms with Gasteiger partial charge >= 0.3 is 4.87 Å². The van der Waals surface area contributed by atoms with Crippen molar-refractivity contribution in [2.24, 2.45) is 5.92 Å². The number of amides is 3. The van der Waals surface area contributed by atoms with Crippen LogP contribution in [-0.2, 0) is 20.9 Å². The number of imide groups is 1. The number of thioether (sulfide) groups is 1. The summed E-state index contributed by atoms with van der Waals surface area (Å²) in [5.41, 5.74) is 1.39. The highest BCUT2D eigenvalue weighted by Crippen LogP contribution is 2.51. The largest absolute Gasteiger partial charge is 0.325 e. The molecule has 3 amide bonds. The molecule has 31 heavy (non-hydrogen) atoms. The molecule has 1 fully saturated rings. The van der Waals surface area contributed by atoms with Gasteiger partial charge in [-0.1, -0.05) is 47.4 Å². The number of anilines is 1. The fourth-order valence-corrected chi connectivity index (χ4v) is 6.70. The molecule has 156 valence electrons. The van der Waals surface area contributed by atoms with Crippen molar-refractivity contribution in [3.63, 3.8) is 0 Å². The number of benzene rings is 1. The summed E-state index contributed by atoms with van der Waals surface area (Å²) in [5.74, 6) is -2.17. The van der Waals surface area contributed by atoms with E-state index in [0.717, 1.165) is 16.9 Å². The van der Waals surface area contributed by atoms with Crippen LogP contribution in [0.3, 0.4) is 0 Å². The van der Waals surface area contributed by atoms with Gasteiger partial charge in [-0.2, -0.15) is 0 Å². The third kappa shape index (κ3) is 3.47. The fraction of sp³-hybridized carbons (Fsp3) is 0.190. The molecule has 1 aromatic carbocycles. The van der Waals surface area contributed by atoms with Gasteiger partial charge in [0.25, 0.3) is 0 Å². The van der Waals surface area contributed by atoms with Crippen LogP contribution in [0.4, 0.5) is 5.69 Å². The molecule has 3 atom stereocenters. The quantitative estimate of drug-likeness (QED) is 0.585. The average molecular weight is 453 g/mol. The van der Waals surface area contributed by atoms with Crippen LogP contribution < -0.4 is 15.5 Å². The number of hydrogen-bond acceptors (Lipinski definition) is 7. The Labute approximate surface area is 184 Å². The molecule has 10 heteroatoms. The molecule has 0 bridgehead atoms. The van der Waals surface area contributed by atoms with E-state index in [9.17, 15) is 19.2 Å². The van der Waals surface area contributed by atoms with Crippen LogP contribution in [0.5, 0.6) is 0 Å². The lowest BCUT2D eigenvalue weighted by molar-refractivity contribution is -0.126. The lowest BCUT2D eigenvalue weighted by Gasteiger charge is -2.30. The molecule has 1 saturated heterocycles. The molecule has 2 aliphatic heterocycles. The van der Waals surface area contributed by atoms with Gasteiger partial charge in [0.2, 0.25) is 17.7 Å². The number of aromatic nitrogens is 2. The highest BCUT2D eigenvalue weighted by Gasteiger charge is 2.52. The molecule has 3 aromatic rings. The Morgan fingerprint density at radius 3 is 2.65 bits per heavy atom. The lowest BCUT2D eigenvalue weighted by atomic mass is 9.84. The third-order valence-corrected chi connectivity index (χ3v) is 7.91. The summed E-state index contributed by atoms with van der Waals surface area (Å²) in [7, 11) is 0. The van der Waals surface area contributed by atoms with Crippen LogP contribution >= 0.6 is 23.1 Å². The first-order valence-electron chi connectivity index (χ1n) is 9.52. The second-order valence-electron chi connectivity index (χ2n) is 7.22. The zero-order valence-electron chi connectivity index (χ0n) is 16.0. The summed E-state index contributed by atoms with van der Waals surface area (Å²) in [6, 6.07) is 12.6. The monoisotopic (exact) mass is 452 g/mol. The van der Waals surface area contributed by atoms with Crippen molar-refractivity contribution in [3.8, 4) is 0 Å². The molecule has 0 radical (unpaired) electrons. The van der Waals surface area contributed by atoms with E-state index in [4.69, 9.17) is 0 Å². The normalized spacial score (nSPS) is 21.9. The van der Waals surface area contributed by atoms with E-state index in [0.29, 0.717) is 15.6 Å². The Balaban J connectivity index is 1.54. The molecule has 4 heterocycles. The van der Waals surface area contributed by atoms with Gasteiger partial charge in [0.15, 0.2) is 0 Å². The highest BCUT2D eigenvalue weighted by atomic mass is 32.2. The Morgan fingerprint density at radius 2 is 1.90 bits per heavy atom. The number of para-hydroxylation sites is 1. The number of carbonyl (C=O) groups excluding carboxylic acids is 3. The number of rotatable bonds is 4. The van der Waals surface area contributed by atoms with Crippen LogP contribution in [0.2, 0.25) is 0 Å². The van der Waals surface area contributed by atoms with Gasteiger partial charge in [0.05, 0.1) is 10.9 Å². The number of nitrogens with one attached hydrogen (secondary N) is 2. The van der Waals surface area contributed by atoms with Gasteiger partial charge in [0, 0.05) is 28.9 Å². The number of pyridine rings is 1. The highest BCUT2D eigenvalue weighted by molar-refractivity contribution is 8.00. The van der Waals surface area contributed by atoms with Crippen molar-refractivity contribution in [1.82, 2.24) is 14.9 Å². The Hall–Kier alpha value is -3.24. The van der Waals surface area contributed by atoms with Gasteiger partial charge < -0.3 is 5.32 Å². The van der Waals surface area contributed by atoms with Crippen molar-refractivity contribution in [1.29, 1.82) is 0 Å². The fourth-order valence-electron chi connectivity index (χ4n) is 3.96. The van der Waals surface area contributed by atoms with Gasteiger partial charge in [-0.05, 0) is 23.8 Å². The van der Waals surface area contributed by atoms with E-state index in [1.54, 1.807) is 42.7 Å². The van der Waals surface area contributed by atoms with Gasteiger partial charge in [-0.3, -0.25) is 34.0 Å². The number of fused-ring (bicyclic) bond motifs is 2. The van der Waals surface area contributed by atoms with Crippen molar-refractivity contribution >= 4 is 46.5 Å². The first-order chi connectivity index (χ1) is 15.0. The average Bonchev–Trinajstić information content (AvgIpc) is 3.23. The first-order valence-corrected chi connectivity index (χ1v) is 11.2. The number of carbonyl (C=O) groups is 3. The first kappa shape index (κ1) is 19.7. The summed E-state index contributed by atoms with van der Waals surface area (Å²) in [5, 5.41) is 5.07. The Kier molecular flexibility index (Phi) is 4.95. The molecule has 8 nitrogen and oxygen atoms in total. The second-order valence-corrected chi connectivity index (χ2v) is 9.34. The minimum Gasteiger partial charge on any atom is -0.325 e. The van der Waals surface area contributed by atoms with Crippen molar-refractivity contribution < 1.29 is 14.4 Å². The maximum absolute atomic E-state index is 12.8. The molecule has 3 unspecified atom stereocenters. The summed E-state index contributed by atoms with van der Waals surface area (Å²) in [4.78, 5) is 55.0. The number of hydrogen-bond donors (Lipinski definition) is 2. The standard InChI is InChI=1S/C21H16N4O4S2/c26-13(23-12-6-2-1-3-7-12)10-25-20-17(31-21(25)29)14(11-5-4-8-22-9-11)15-16(30-20)19(28)24-18(15)27/h1-9,14-16H,10H2,(H,23,26)(H,24,27,28). The van der Waals surface area contributed by atoms with Crippen LogP contribution in [0.1, 0.15) is 16.4 Å². The minimum absolute atomic E-state index is 0.181. The van der Waals surface area contributed by atoms with Crippen LogP contribution in [0.25, 0.3) is 0 Å². The maximum Gasteiger partial charge on any atom is 0.308 e. The third-order valence-electron chi connectivity index (χ3n) is 5.29. The van der Waals surface area contributed by atoms with Crippen LogP contribution in [-0.4, -0.2) is 32.5 Å². The van der Waals surface area contributed by atoms with E-state index in [-0.39, 0.29) is 29.1 Å². The van der Waals surface area contributed by atoms with Gasteiger partial charge in [-0.15, -0.1) is 0 Å². The molecule has 2 aliphatic rings. The zero-order chi connectivity index (χ0) is 21.5. The lowest BCUT2D eigenvalue weighted by Crippen LogP contribution is -2.32. The van der Waals surface area contributed by atoms with Gasteiger partial charge in [-0.25, -0.2) is 0 Å². The van der Waals surface area contributed by atoms with E-state index >= 15 is 0 Å². The van der Waals surface area contributed by atoms with Crippen molar-refractivity contribution in [2.45, 2.75) is 22.7 Å². The SMILES string of the molecule is O=C(Cn1c2c(sc1=O)C(c1cccnc1)C1C(=O)NC(=O)C1S2)Nc1ccccc1. The molecule has 0 aliphatic carbocycles. The maximum atomic E-state index is 12.8. The summed E-state index contributed by atoms with van der Waals surface area (Å²) < 4.78 is 1.39. The molecule has 2 aromatic heterocycles. The second kappa shape index (κ2) is 7.78. The Morgan fingerprint density at radius 1 is 1.10 bits per heavy atom. The molecular formula is C21H16N4O4S2. The molecule has 5 rings (SSSR count). The topological polar surface area (TPSA) is 110 Å². The predicted molar refractivity (Wildman–Crippen MR) is 116 cm³/mol. The van der Waals surface area contributed by atoms with Crippen LogP contribution in [0, 0.1) is 5.92 Å². The predicted octanol–water partition coefficient (Wildman–Crippen LogP) is 1.82. The molecular weight excluding hydrogens is 436 g/mol. The van der Waals surface area contributed by atoms with E-state index in [2.05, 4.69) is 15.6 Å². The van der Waals surface area contributed by atoms with Gasteiger partial charge in [0.1, 0.15) is 11.8 Å². The molecule has 0 spiro atoms. The zero-order valence-corrected chi connectivity index (χ0v) is 17.6. The summed E-state index contributed by atoms with van der Waals surface area (Å²) >= 11 is 2.18. The van der Waals surface area contributed by atoms with E-state index < -0.39 is 17.1 Å². The van der Waals surface area contributed by atoms with Crippen molar-refractivity contribution in [3.05, 3.63) is 75.0 Å². The summed E-state index contributed by atoms with van der Waals surface area (Å²) in [6.07, 6.45) is 3.27. The number of nitrogens with zero attached hydrogens (tertiary/aromatic N) is 2.